The van der Waals surface area contributed by atoms with Gasteiger partial charge in [0.2, 0.25) is 11.9 Å². The van der Waals surface area contributed by atoms with Crippen LogP contribution in [-0.4, -0.2) is 26.3 Å². The van der Waals surface area contributed by atoms with Crippen molar-refractivity contribution in [1.29, 1.82) is 0 Å². The molecule has 0 saturated heterocycles. The summed E-state index contributed by atoms with van der Waals surface area (Å²) >= 11 is 0. The van der Waals surface area contributed by atoms with Gasteiger partial charge in [-0.05, 0) is 18.6 Å². The first kappa shape index (κ1) is 10.4. The molecule has 0 fully saturated rings. The smallest absolute Gasteiger partial charge is 0.244 e. The van der Waals surface area contributed by atoms with Crippen molar-refractivity contribution in [2.45, 2.75) is 13.3 Å². The number of nitrogens with zero attached hydrogens (tertiary/aromatic N) is 4. The van der Waals surface area contributed by atoms with Crippen LogP contribution in [0.25, 0.3) is 5.82 Å². The normalized spacial score (nSPS) is 10.3. The maximum absolute atomic E-state index is 5.75. The minimum Gasteiger partial charge on any atom is -0.368 e. The van der Waals surface area contributed by atoms with Gasteiger partial charge in [-0.25, -0.2) is 4.98 Å². The molecule has 0 unspecified atom stereocenters. The van der Waals surface area contributed by atoms with Crippen LogP contribution in [0.15, 0.2) is 24.4 Å². The number of nitrogen functional groups attached to an aromatic ring is 1. The minimum absolute atomic E-state index is 0.331. The van der Waals surface area contributed by atoms with E-state index in [-0.39, 0.29) is 0 Å². The zero-order valence-electron chi connectivity index (χ0n) is 9.09. The van der Waals surface area contributed by atoms with Crippen molar-refractivity contribution in [3.63, 3.8) is 0 Å². The zero-order chi connectivity index (χ0) is 11.4. The summed E-state index contributed by atoms with van der Waals surface area (Å²) in [5.74, 6) is 1.53. The molecule has 2 heterocycles. The van der Waals surface area contributed by atoms with Crippen LogP contribution < -0.4 is 11.1 Å². The van der Waals surface area contributed by atoms with Crippen molar-refractivity contribution >= 4 is 11.9 Å². The molecule has 2 rings (SSSR count). The molecule has 2 aromatic heterocycles. The Morgan fingerprint density at radius 1 is 1.44 bits per heavy atom. The Labute approximate surface area is 93.5 Å². The van der Waals surface area contributed by atoms with E-state index in [1.807, 2.05) is 18.2 Å². The number of pyridine rings is 1. The molecule has 3 N–H and O–H groups in total. The van der Waals surface area contributed by atoms with Gasteiger partial charge in [0, 0.05) is 12.7 Å². The first-order valence-electron chi connectivity index (χ1n) is 5.19. The molecule has 6 nitrogen and oxygen atoms in total. The number of nitrogens with one attached hydrogen (secondary N) is 1. The van der Waals surface area contributed by atoms with Crippen LogP contribution in [0.4, 0.5) is 11.9 Å². The van der Waals surface area contributed by atoms with E-state index in [1.165, 1.54) is 4.68 Å². The molecule has 84 valence electrons. The second-order valence-corrected chi connectivity index (χ2v) is 3.32. The van der Waals surface area contributed by atoms with Gasteiger partial charge in [0.25, 0.3) is 0 Å². The summed E-state index contributed by atoms with van der Waals surface area (Å²) in [6, 6.07) is 5.55. The lowest BCUT2D eigenvalue weighted by molar-refractivity contribution is 0.851. The second kappa shape index (κ2) is 4.61. The van der Waals surface area contributed by atoms with Gasteiger partial charge in [-0.15, -0.1) is 5.10 Å². The monoisotopic (exact) mass is 218 g/mol. The molecule has 0 aliphatic rings. The highest BCUT2D eigenvalue weighted by atomic mass is 15.4. The van der Waals surface area contributed by atoms with Crippen LogP contribution in [0.1, 0.15) is 13.3 Å². The Bertz CT molecular complexity index is 450. The van der Waals surface area contributed by atoms with Crippen molar-refractivity contribution in [1.82, 2.24) is 19.7 Å². The van der Waals surface area contributed by atoms with E-state index >= 15 is 0 Å². The van der Waals surface area contributed by atoms with Gasteiger partial charge in [-0.1, -0.05) is 13.0 Å². The maximum atomic E-state index is 5.75. The van der Waals surface area contributed by atoms with E-state index < -0.39 is 0 Å². The first-order chi connectivity index (χ1) is 7.81. The number of hydrogen-bond acceptors (Lipinski definition) is 5. The van der Waals surface area contributed by atoms with Crippen LogP contribution in [0.5, 0.6) is 0 Å². The van der Waals surface area contributed by atoms with Crippen molar-refractivity contribution < 1.29 is 0 Å². The summed E-state index contributed by atoms with van der Waals surface area (Å²) in [6.07, 6.45) is 2.70. The van der Waals surface area contributed by atoms with Crippen LogP contribution in [0.2, 0.25) is 0 Å². The van der Waals surface area contributed by atoms with Crippen molar-refractivity contribution in [3.05, 3.63) is 24.4 Å². The predicted octanol–water partition coefficient (Wildman–Crippen LogP) is 1.07. The largest absolute Gasteiger partial charge is 0.368 e. The fourth-order valence-corrected chi connectivity index (χ4v) is 1.28. The summed E-state index contributed by atoms with van der Waals surface area (Å²) in [5, 5.41) is 7.30. The summed E-state index contributed by atoms with van der Waals surface area (Å²) in [7, 11) is 0. The van der Waals surface area contributed by atoms with Gasteiger partial charge in [-0.3, -0.25) is 0 Å². The quantitative estimate of drug-likeness (QED) is 0.802. The van der Waals surface area contributed by atoms with Gasteiger partial charge in [0.05, 0.1) is 0 Å². The van der Waals surface area contributed by atoms with E-state index in [9.17, 15) is 0 Å². The highest BCUT2D eigenvalue weighted by molar-refractivity contribution is 5.37. The lowest BCUT2D eigenvalue weighted by Gasteiger charge is -1.99. The SMILES string of the molecule is CCCNc1nc(N)n(-c2ccccn2)n1. The second-order valence-electron chi connectivity index (χ2n) is 3.32. The molecule has 2 aromatic rings. The number of hydrogen-bond donors (Lipinski definition) is 2. The molecule has 16 heavy (non-hydrogen) atoms. The topological polar surface area (TPSA) is 81.6 Å². The van der Waals surface area contributed by atoms with Crippen LogP contribution in [0, 0.1) is 0 Å². The molecule has 0 amide bonds. The van der Waals surface area contributed by atoms with Crippen LogP contribution >= 0.6 is 0 Å². The van der Waals surface area contributed by atoms with E-state index in [0.29, 0.717) is 17.7 Å². The van der Waals surface area contributed by atoms with E-state index in [4.69, 9.17) is 5.73 Å². The molecule has 0 aromatic carbocycles. The van der Waals surface area contributed by atoms with E-state index in [0.717, 1.165) is 13.0 Å². The molecule has 0 saturated carbocycles. The van der Waals surface area contributed by atoms with Gasteiger partial charge >= 0.3 is 0 Å². The highest BCUT2D eigenvalue weighted by Gasteiger charge is 2.08. The third-order valence-electron chi connectivity index (χ3n) is 2.03. The molecule has 0 spiro atoms. The predicted molar refractivity (Wildman–Crippen MR) is 62.3 cm³/mol. The van der Waals surface area contributed by atoms with Crippen LogP contribution in [0.3, 0.4) is 0 Å². The third-order valence-corrected chi connectivity index (χ3v) is 2.03. The molecule has 0 aliphatic carbocycles. The Balaban J connectivity index is 2.25. The lowest BCUT2D eigenvalue weighted by atomic mass is 10.5. The van der Waals surface area contributed by atoms with Crippen molar-refractivity contribution in [3.8, 4) is 5.82 Å². The molecule has 0 bridgehead atoms. The Hall–Kier alpha value is -2.11. The average molecular weight is 218 g/mol. The third kappa shape index (κ3) is 2.10. The average Bonchev–Trinajstić information content (AvgIpc) is 2.69. The summed E-state index contributed by atoms with van der Waals surface area (Å²) < 4.78 is 1.51. The molecule has 0 atom stereocenters. The summed E-state index contributed by atoms with van der Waals surface area (Å²) in [6.45, 7) is 2.90. The van der Waals surface area contributed by atoms with Crippen molar-refractivity contribution in [2.75, 3.05) is 17.6 Å². The van der Waals surface area contributed by atoms with E-state index in [1.54, 1.807) is 6.20 Å². The van der Waals surface area contributed by atoms with Gasteiger partial charge in [-0.2, -0.15) is 9.67 Å². The maximum Gasteiger partial charge on any atom is 0.244 e. The number of anilines is 2. The fourth-order valence-electron chi connectivity index (χ4n) is 1.28. The molecule has 6 heteroatoms. The first-order valence-corrected chi connectivity index (χ1v) is 5.19. The molecule has 0 aliphatic heterocycles. The molecular weight excluding hydrogens is 204 g/mol. The van der Waals surface area contributed by atoms with Crippen LogP contribution in [-0.2, 0) is 0 Å². The lowest BCUT2D eigenvalue weighted by Crippen LogP contribution is -2.04. The van der Waals surface area contributed by atoms with Crippen molar-refractivity contribution in [2.24, 2.45) is 0 Å². The zero-order valence-corrected chi connectivity index (χ0v) is 9.09. The number of aromatic nitrogens is 4. The van der Waals surface area contributed by atoms with Gasteiger partial charge < -0.3 is 11.1 Å². The Morgan fingerprint density at radius 2 is 2.31 bits per heavy atom. The molecule has 0 radical (unpaired) electrons. The minimum atomic E-state index is 0.331. The Kier molecular flexibility index (Phi) is 3.00. The summed E-state index contributed by atoms with van der Waals surface area (Å²) in [5.41, 5.74) is 5.75. The number of rotatable bonds is 4. The highest BCUT2D eigenvalue weighted by Crippen LogP contribution is 2.10. The van der Waals surface area contributed by atoms with E-state index in [2.05, 4.69) is 27.3 Å². The Morgan fingerprint density at radius 3 is 3.00 bits per heavy atom. The number of nitrogens with two attached hydrogens (primary N) is 1. The standard InChI is InChI=1S/C10H14N6/c1-2-6-13-10-14-9(11)16(15-10)8-5-3-4-7-12-8/h3-5,7H,2,6H2,1H3,(H3,11,13,14,15). The fraction of sp³-hybridized carbons (Fsp3) is 0.300. The van der Waals surface area contributed by atoms with Gasteiger partial charge in [0.15, 0.2) is 5.82 Å². The van der Waals surface area contributed by atoms with Gasteiger partial charge in [0.1, 0.15) is 0 Å². The summed E-state index contributed by atoms with van der Waals surface area (Å²) in [4.78, 5) is 8.26. The molecular formula is C10H14N6.